The molecule has 2 nitrogen and oxygen atoms in total. The number of ether oxygens (including phenoxy) is 1. The highest BCUT2D eigenvalue weighted by Gasteiger charge is 2.01. The number of phenolic OH excluding ortho intramolecular Hbond substituents is 1. The van der Waals surface area contributed by atoms with Crippen LogP contribution in [-0.4, -0.2) is 12.2 Å². The van der Waals surface area contributed by atoms with Crippen molar-refractivity contribution in [3.8, 4) is 11.5 Å². The average Bonchev–Trinajstić information content (AvgIpc) is 2.08. The molecule has 0 aliphatic carbocycles. The zero-order valence-corrected chi connectivity index (χ0v) is 7.50. The summed E-state index contributed by atoms with van der Waals surface area (Å²) in [6, 6.07) is 5.23. The van der Waals surface area contributed by atoms with Gasteiger partial charge in [0, 0.05) is 6.07 Å². The second kappa shape index (κ2) is 4.00. The minimum absolute atomic E-state index is 0.256. The van der Waals surface area contributed by atoms with Gasteiger partial charge in [-0.05, 0) is 18.1 Å². The Labute approximate surface area is 72.8 Å². The van der Waals surface area contributed by atoms with Crippen LogP contribution in [-0.2, 0) is 6.42 Å². The number of hydrogen-bond acceptors (Lipinski definition) is 2. The number of hydrogen-bond donors (Lipinski definition) is 1. The fourth-order valence-electron chi connectivity index (χ4n) is 1.21. The Hall–Kier alpha value is -1.18. The second-order valence-electron chi connectivity index (χ2n) is 2.75. The van der Waals surface area contributed by atoms with Gasteiger partial charge in [0.05, 0.1) is 7.11 Å². The normalized spacial score (nSPS) is 9.83. The van der Waals surface area contributed by atoms with E-state index in [1.165, 1.54) is 0 Å². The third-order valence-electron chi connectivity index (χ3n) is 1.79. The van der Waals surface area contributed by atoms with Crippen molar-refractivity contribution in [2.24, 2.45) is 0 Å². The van der Waals surface area contributed by atoms with E-state index in [-0.39, 0.29) is 5.75 Å². The fourth-order valence-corrected chi connectivity index (χ4v) is 1.21. The van der Waals surface area contributed by atoms with E-state index in [0.29, 0.717) is 0 Å². The molecule has 0 saturated carbocycles. The molecule has 1 N–H and O–H groups in total. The number of rotatable bonds is 3. The van der Waals surface area contributed by atoms with Crippen LogP contribution in [0.2, 0.25) is 0 Å². The molecule has 0 aliphatic heterocycles. The molecule has 2 heteroatoms. The van der Waals surface area contributed by atoms with E-state index in [1.54, 1.807) is 19.2 Å². The van der Waals surface area contributed by atoms with E-state index < -0.39 is 0 Å². The van der Waals surface area contributed by atoms with Crippen LogP contribution in [0.15, 0.2) is 18.2 Å². The van der Waals surface area contributed by atoms with Gasteiger partial charge in [0.2, 0.25) is 0 Å². The van der Waals surface area contributed by atoms with Crippen LogP contribution in [0.5, 0.6) is 11.5 Å². The number of aromatic hydroxyl groups is 1. The van der Waals surface area contributed by atoms with Crippen molar-refractivity contribution in [3.05, 3.63) is 23.8 Å². The SMILES string of the molecule is CCCc1ccc(O)cc1OC. The van der Waals surface area contributed by atoms with Gasteiger partial charge in [0.15, 0.2) is 0 Å². The van der Waals surface area contributed by atoms with E-state index in [2.05, 4.69) is 6.92 Å². The predicted octanol–water partition coefficient (Wildman–Crippen LogP) is 2.35. The van der Waals surface area contributed by atoms with Crippen LogP contribution in [0, 0.1) is 0 Å². The molecule has 0 fully saturated rings. The van der Waals surface area contributed by atoms with Crippen molar-refractivity contribution in [1.29, 1.82) is 0 Å². The molecule has 1 aromatic carbocycles. The van der Waals surface area contributed by atoms with E-state index in [1.807, 2.05) is 6.07 Å². The zero-order valence-electron chi connectivity index (χ0n) is 7.50. The first-order valence-corrected chi connectivity index (χ1v) is 4.13. The van der Waals surface area contributed by atoms with Crippen LogP contribution in [0.1, 0.15) is 18.9 Å². The number of methoxy groups -OCH3 is 1. The number of phenols is 1. The zero-order chi connectivity index (χ0) is 8.97. The first kappa shape index (κ1) is 8.91. The highest BCUT2D eigenvalue weighted by molar-refractivity contribution is 5.39. The first-order valence-electron chi connectivity index (χ1n) is 4.13. The van der Waals surface area contributed by atoms with Crippen molar-refractivity contribution >= 4 is 0 Å². The van der Waals surface area contributed by atoms with Crippen LogP contribution in [0.3, 0.4) is 0 Å². The van der Waals surface area contributed by atoms with Gasteiger partial charge in [0.25, 0.3) is 0 Å². The Kier molecular flexibility index (Phi) is 2.97. The van der Waals surface area contributed by atoms with Crippen LogP contribution >= 0.6 is 0 Å². The molecule has 0 radical (unpaired) electrons. The Morgan fingerprint density at radius 2 is 2.17 bits per heavy atom. The third kappa shape index (κ3) is 1.91. The molecule has 66 valence electrons. The number of aryl methyl sites for hydroxylation is 1. The highest BCUT2D eigenvalue weighted by atomic mass is 16.5. The van der Waals surface area contributed by atoms with E-state index in [0.717, 1.165) is 24.2 Å². The fraction of sp³-hybridized carbons (Fsp3) is 0.400. The summed E-state index contributed by atoms with van der Waals surface area (Å²) in [4.78, 5) is 0. The van der Waals surface area contributed by atoms with Gasteiger partial charge < -0.3 is 9.84 Å². The van der Waals surface area contributed by atoms with Crippen LogP contribution in [0.4, 0.5) is 0 Å². The van der Waals surface area contributed by atoms with Crippen LogP contribution < -0.4 is 4.74 Å². The summed E-state index contributed by atoms with van der Waals surface area (Å²) in [7, 11) is 1.62. The van der Waals surface area contributed by atoms with Gasteiger partial charge in [-0.15, -0.1) is 0 Å². The van der Waals surface area contributed by atoms with Gasteiger partial charge in [-0.25, -0.2) is 0 Å². The summed E-state index contributed by atoms with van der Waals surface area (Å²) in [6.45, 7) is 2.12. The molecule has 12 heavy (non-hydrogen) atoms. The molecule has 0 saturated heterocycles. The average molecular weight is 166 g/mol. The molecule has 1 rings (SSSR count). The summed E-state index contributed by atoms with van der Waals surface area (Å²) in [5, 5.41) is 9.16. The lowest BCUT2D eigenvalue weighted by molar-refractivity contribution is 0.402. The molecule has 0 amide bonds. The molecule has 0 unspecified atom stereocenters. The molecule has 0 spiro atoms. The molecule has 0 bridgehead atoms. The van der Waals surface area contributed by atoms with Gasteiger partial charge in [-0.1, -0.05) is 19.4 Å². The maximum absolute atomic E-state index is 9.16. The Morgan fingerprint density at radius 3 is 2.75 bits per heavy atom. The minimum Gasteiger partial charge on any atom is -0.508 e. The minimum atomic E-state index is 0.256. The molecular weight excluding hydrogens is 152 g/mol. The number of benzene rings is 1. The molecule has 0 atom stereocenters. The monoisotopic (exact) mass is 166 g/mol. The largest absolute Gasteiger partial charge is 0.508 e. The van der Waals surface area contributed by atoms with Crippen molar-refractivity contribution in [2.45, 2.75) is 19.8 Å². The van der Waals surface area contributed by atoms with Gasteiger partial charge in [0.1, 0.15) is 11.5 Å². The van der Waals surface area contributed by atoms with Gasteiger partial charge >= 0.3 is 0 Å². The summed E-state index contributed by atoms with van der Waals surface area (Å²) in [6.07, 6.45) is 2.07. The first-order chi connectivity index (χ1) is 5.77. The van der Waals surface area contributed by atoms with E-state index >= 15 is 0 Å². The Balaban J connectivity index is 2.94. The lowest BCUT2D eigenvalue weighted by Crippen LogP contribution is -1.90. The molecule has 0 aliphatic rings. The topological polar surface area (TPSA) is 29.5 Å². The quantitative estimate of drug-likeness (QED) is 0.746. The summed E-state index contributed by atoms with van der Waals surface area (Å²) in [5.41, 5.74) is 1.15. The summed E-state index contributed by atoms with van der Waals surface area (Å²) in [5.74, 6) is 1.03. The van der Waals surface area contributed by atoms with Gasteiger partial charge in [-0.3, -0.25) is 0 Å². The predicted molar refractivity (Wildman–Crippen MR) is 48.7 cm³/mol. The van der Waals surface area contributed by atoms with Gasteiger partial charge in [-0.2, -0.15) is 0 Å². The lowest BCUT2D eigenvalue weighted by atomic mass is 10.1. The molecule has 0 heterocycles. The maximum Gasteiger partial charge on any atom is 0.125 e. The van der Waals surface area contributed by atoms with E-state index in [9.17, 15) is 0 Å². The second-order valence-corrected chi connectivity index (χ2v) is 2.75. The highest BCUT2D eigenvalue weighted by Crippen LogP contribution is 2.24. The van der Waals surface area contributed by atoms with Crippen molar-refractivity contribution in [1.82, 2.24) is 0 Å². The van der Waals surface area contributed by atoms with E-state index in [4.69, 9.17) is 9.84 Å². The smallest absolute Gasteiger partial charge is 0.125 e. The molecule has 1 aromatic rings. The Bertz CT molecular complexity index is 256. The Morgan fingerprint density at radius 1 is 1.42 bits per heavy atom. The van der Waals surface area contributed by atoms with Crippen molar-refractivity contribution in [2.75, 3.05) is 7.11 Å². The molecular formula is C10H14O2. The summed E-state index contributed by atoms with van der Waals surface area (Å²) < 4.78 is 5.12. The standard InChI is InChI=1S/C10H14O2/c1-3-4-8-5-6-9(11)7-10(8)12-2/h5-7,11H,3-4H2,1-2H3. The summed E-state index contributed by atoms with van der Waals surface area (Å²) >= 11 is 0. The van der Waals surface area contributed by atoms with Crippen LogP contribution in [0.25, 0.3) is 0 Å². The van der Waals surface area contributed by atoms with Crippen molar-refractivity contribution in [3.63, 3.8) is 0 Å². The molecule has 0 aromatic heterocycles. The maximum atomic E-state index is 9.16. The van der Waals surface area contributed by atoms with Crippen molar-refractivity contribution < 1.29 is 9.84 Å². The lowest BCUT2D eigenvalue weighted by Gasteiger charge is -2.06. The third-order valence-corrected chi connectivity index (χ3v) is 1.79.